The predicted octanol–water partition coefficient (Wildman–Crippen LogP) is 2.76. The summed E-state index contributed by atoms with van der Waals surface area (Å²) < 4.78 is 0. The molecule has 15 heavy (non-hydrogen) atoms. The Morgan fingerprint density at radius 1 is 1.27 bits per heavy atom. The Morgan fingerprint density at radius 2 is 1.93 bits per heavy atom. The number of aromatic amines is 1. The van der Waals surface area contributed by atoms with Crippen molar-refractivity contribution in [3.05, 3.63) is 35.5 Å². The number of para-hydroxylation sites is 1. The van der Waals surface area contributed by atoms with Crippen molar-refractivity contribution in [3.63, 3.8) is 0 Å². The minimum atomic E-state index is -0.157. The zero-order valence-corrected chi connectivity index (χ0v) is 9.59. The fraction of sp³-hybridized carbons (Fsp3) is 0.385. The van der Waals surface area contributed by atoms with Crippen LogP contribution in [0.4, 0.5) is 0 Å². The second-order valence-corrected chi connectivity index (χ2v) is 4.94. The van der Waals surface area contributed by atoms with Gasteiger partial charge < -0.3 is 10.7 Å². The minimum absolute atomic E-state index is 0.157. The molecular weight excluding hydrogens is 184 g/mol. The van der Waals surface area contributed by atoms with Gasteiger partial charge in [-0.15, -0.1) is 0 Å². The van der Waals surface area contributed by atoms with Crippen molar-refractivity contribution < 1.29 is 0 Å². The van der Waals surface area contributed by atoms with Crippen molar-refractivity contribution in [2.45, 2.75) is 32.7 Å². The number of hydrogen-bond acceptors (Lipinski definition) is 1. The lowest BCUT2D eigenvalue weighted by Crippen LogP contribution is -2.34. The normalized spacial score (nSPS) is 12.3. The third-order valence-corrected chi connectivity index (χ3v) is 2.66. The molecule has 0 unspecified atom stereocenters. The largest absolute Gasteiger partial charge is 0.358 e. The van der Waals surface area contributed by atoms with Crippen LogP contribution >= 0.6 is 0 Å². The standard InChI is InChI=1S/C13H18N2/c1-9-11(8-13(2,3)14)10-6-4-5-7-12(10)15-9/h4-7,15H,8,14H2,1-3H3. The summed E-state index contributed by atoms with van der Waals surface area (Å²) in [4.78, 5) is 3.39. The number of H-pyrrole nitrogens is 1. The van der Waals surface area contributed by atoms with E-state index in [9.17, 15) is 0 Å². The van der Waals surface area contributed by atoms with Gasteiger partial charge in [0.05, 0.1) is 0 Å². The van der Waals surface area contributed by atoms with Gasteiger partial charge in [0.15, 0.2) is 0 Å². The highest BCUT2D eigenvalue weighted by atomic mass is 14.7. The molecule has 1 aromatic heterocycles. The van der Waals surface area contributed by atoms with Crippen LogP contribution in [0.2, 0.25) is 0 Å². The van der Waals surface area contributed by atoms with Gasteiger partial charge in [-0.25, -0.2) is 0 Å². The van der Waals surface area contributed by atoms with Crippen molar-refractivity contribution in [1.82, 2.24) is 4.98 Å². The Bertz CT molecular complexity index is 475. The third-order valence-electron chi connectivity index (χ3n) is 2.66. The SMILES string of the molecule is Cc1[nH]c2ccccc2c1CC(C)(C)N. The van der Waals surface area contributed by atoms with Gasteiger partial charge in [-0.2, -0.15) is 0 Å². The van der Waals surface area contributed by atoms with Crippen LogP contribution in [-0.2, 0) is 6.42 Å². The maximum absolute atomic E-state index is 6.07. The van der Waals surface area contributed by atoms with E-state index < -0.39 is 0 Å². The van der Waals surface area contributed by atoms with Gasteiger partial charge in [0.1, 0.15) is 0 Å². The van der Waals surface area contributed by atoms with E-state index in [4.69, 9.17) is 5.73 Å². The quantitative estimate of drug-likeness (QED) is 0.772. The maximum Gasteiger partial charge on any atom is 0.0458 e. The van der Waals surface area contributed by atoms with Gasteiger partial charge in [-0.05, 0) is 38.8 Å². The highest BCUT2D eigenvalue weighted by molar-refractivity contribution is 5.84. The Labute approximate surface area is 90.5 Å². The van der Waals surface area contributed by atoms with Gasteiger partial charge >= 0.3 is 0 Å². The molecule has 0 radical (unpaired) electrons. The van der Waals surface area contributed by atoms with Crippen LogP contribution < -0.4 is 5.73 Å². The first kappa shape index (κ1) is 10.2. The first-order valence-electron chi connectivity index (χ1n) is 5.32. The summed E-state index contributed by atoms with van der Waals surface area (Å²) in [7, 11) is 0. The molecule has 3 N–H and O–H groups in total. The van der Waals surface area contributed by atoms with Crippen LogP contribution in [0.1, 0.15) is 25.1 Å². The van der Waals surface area contributed by atoms with Crippen LogP contribution in [0.25, 0.3) is 10.9 Å². The Morgan fingerprint density at radius 3 is 2.60 bits per heavy atom. The minimum Gasteiger partial charge on any atom is -0.358 e. The summed E-state index contributed by atoms with van der Waals surface area (Å²) in [6.07, 6.45) is 0.906. The smallest absolute Gasteiger partial charge is 0.0458 e. The van der Waals surface area contributed by atoms with E-state index in [-0.39, 0.29) is 5.54 Å². The molecule has 0 atom stereocenters. The zero-order chi connectivity index (χ0) is 11.1. The van der Waals surface area contributed by atoms with E-state index in [2.05, 4.69) is 50.0 Å². The van der Waals surface area contributed by atoms with Gasteiger partial charge in [-0.1, -0.05) is 18.2 Å². The second-order valence-electron chi connectivity index (χ2n) is 4.94. The van der Waals surface area contributed by atoms with E-state index in [0.717, 1.165) is 6.42 Å². The van der Waals surface area contributed by atoms with Crippen LogP contribution in [0.5, 0.6) is 0 Å². The van der Waals surface area contributed by atoms with Crippen LogP contribution in [0.15, 0.2) is 24.3 Å². The summed E-state index contributed by atoms with van der Waals surface area (Å²) in [6, 6.07) is 8.38. The molecule has 0 spiro atoms. The molecule has 0 fully saturated rings. The summed E-state index contributed by atoms with van der Waals surface area (Å²) in [5.41, 5.74) is 9.70. The van der Waals surface area contributed by atoms with Gasteiger partial charge in [-0.3, -0.25) is 0 Å². The van der Waals surface area contributed by atoms with Gasteiger partial charge in [0, 0.05) is 22.1 Å². The molecular formula is C13H18N2. The monoisotopic (exact) mass is 202 g/mol. The molecule has 0 aliphatic rings. The molecule has 80 valence electrons. The van der Waals surface area contributed by atoms with Crippen LogP contribution in [0, 0.1) is 6.92 Å². The van der Waals surface area contributed by atoms with Crippen molar-refractivity contribution in [3.8, 4) is 0 Å². The van der Waals surface area contributed by atoms with Gasteiger partial charge in [0.25, 0.3) is 0 Å². The van der Waals surface area contributed by atoms with Crippen LogP contribution in [0.3, 0.4) is 0 Å². The first-order chi connectivity index (χ1) is 6.97. The van der Waals surface area contributed by atoms with Crippen molar-refractivity contribution in [2.75, 3.05) is 0 Å². The summed E-state index contributed by atoms with van der Waals surface area (Å²) in [5, 5.41) is 1.30. The average molecular weight is 202 g/mol. The molecule has 0 amide bonds. The molecule has 2 heteroatoms. The number of aryl methyl sites for hydroxylation is 1. The number of fused-ring (bicyclic) bond motifs is 1. The number of rotatable bonds is 2. The lowest BCUT2D eigenvalue weighted by atomic mass is 9.94. The molecule has 1 heterocycles. The molecule has 2 aromatic rings. The zero-order valence-electron chi connectivity index (χ0n) is 9.59. The van der Waals surface area contributed by atoms with Crippen molar-refractivity contribution >= 4 is 10.9 Å². The number of benzene rings is 1. The molecule has 2 nitrogen and oxygen atoms in total. The fourth-order valence-electron chi connectivity index (χ4n) is 2.02. The molecule has 0 bridgehead atoms. The average Bonchev–Trinajstić information content (AvgIpc) is 2.41. The number of aromatic nitrogens is 1. The lowest BCUT2D eigenvalue weighted by molar-refractivity contribution is 0.517. The van der Waals surface area contributed by atoms with E-state index in [1.54, 1.807) is 0 Å². The van der Waals surface area contributed by atoms with Gasteiger partial charge in [0.2, 0.25) is 0 Å². The molecule has 0 saturated carbocycles. The first-order valence-corrected chi connectivity index (χ1v) is 5.32. The molecule has 2 rings (SSSR count). The summed E-state index contributed by atoms with van der Waals surface area (Å²) in [6.45, 7) is 6.24. The highest BCUT2D eigenvalue weighted by Crippen LogP contribution is 2.24. The molecule has 0 saturated heterocycles. The van der Waals surface area contributed by atoms with Crippen LogP contribution in [-0.4, -0.2) is 10.5 Å². The number of nitrogens with one attached hydrogen (secondary N) is 1. The van der Waals surface area contributed by atoms with Crippen molar-refractivity contribution in [2.24, 2.45) is 5.73 Å². The predicted molar refractivity (Wildman–Crippen MR) is 65.0 cm³/mol. The number of hydrogen-bond donors (Lipinski definition) is 2. The Balaban J connectivity index is 2.54. The Kier molecular flexibility index (Phi) is 2.31. The molecule has 1 aromatic carbocycles. The van der Waals surface area contributed by atoms with E-state index in [1.165, 1.54) is 22.2 Å². The fourth-order valence-corrected chi connectivity index (χ4v) is 2.02. The van der Waals surface area contributed by atoms with Crippen molar-refractivity contribution in [1.29, 1.82) is 0 Å². The lowest BCUT2D eigenvalue weighted by Gasteiger charge is -2.18. The summed E-state index contributed by atoms with van der Waals surface area (Å²) in [5.74, 6) is 0. The topological polar surface area (TPSA) is 41.8 Å². The highest BCUT2D eigenvalue weighted by Gasteiger charge is 2.16. The number of nitrogens with two attached hydrogens (primary N) is 1. The second kappa shape index (κ2) is 3.38. The maximum atomic E-state index is 6.07. The Hall–Kier alpha value is -1.28. The molecule has 0 aliphatic heterocycles. The van der Waals surface area contributed by atoms with E-state index in [1.807, 2.05) is 0 Å². The van der Waals surface area contributed by atoms with E-state index in [0.29, 0.717) is 0 Å². The third kappa shape index (κ3) is 2.05. The van der Waals surface area contributed by atoms with E-state index >= 15 is 0 Å². The molecule has 0 aliphatic carbocycles. The summed E-state index contributed by atoms with van der Waals surface area (Å²) >= 11 is 0.